The lowest BCUT2D eigenvalue weighted by Gasteiger charge is -2.11. The summed E-state index contributed by atoms with van der Waals surface area (Å²) in [6.45, 7) is 1.51. The Bertz CT molecular complexity index is 155. The van der Waals surface area contributed by atoms with Crippen LogP contribution >= 0.6 is 23.8 Å². The third-order valence-corrected chi connectivity index (χ3v) is 2.25. The second-order valence-corrected chi connectivity index (χ2v) is 3.61. The van der Waals surface area contributed by atoms with E-state index in [9.17, 15) is 8.96 Å². The Balaban J connectivity index is 3.81. The summed E-state index contributed by atoms with van der Waals surface area (Å²) in [5.74, 6) is 0. The van der Waals surface area contributed by atoms with Gasteiger partial charge in [-0.1, -0.05) is 15.9 Å². The van der Waals surface area contributed by atoms with E-state index in [0.717, 1.165) is 0 Å². The van der Waals surface area contributed by atoms with Crippen LogP contribution in [0, 0.1) is 0 Å². The number of phosphoric acid groups is 1. The molecule has 0 amide bonds. The topological polar surface area (TPSA) is 55.8 Å². The summed E-state index contributed by atoms with van der Waals surface area (Å²) >= 11 is 2.73. The Kier molecular flexibility index (Phi) is 5.46. The van der Waals surface area contributed by atoms with Crippen LogP contribution in [0.5, 0.6) is 0 Å². The van der Waals surface area contributed by atoms with Crippen LogP contribution in [0.4, 0.5) is 4.39 Å². The minimum Gasteiger partial charge on any atom is -0.302 e. The minimum absolute atomic E-state index is 0.00276. The maximum absolute atomic E-state index is 12.3. The zero-order chi connectivity index (χ0) is 8.91. The molecule has 2 atom stereocenters. The van der Waals surface area contributed by atoms with Crippen molar-refractivity contribution in [2.75, 3.05) is 11.9 Å². The summed E-state index contributed by atoms with van der Waals surface area (Å²) in [6, 6.07) is 0. The molecule has 0 aromatic carbocycles. The lowest BCUT2D eigenvalue weighted by atomic mass is 10.8. The van der Waals surface area contributed by atoms with Crippen molar-refractivity contribution in [3.63, 3.8) is 0 Å². The molecule has 0 rings (SSSR count). The molecule has 0 heterocycles. The Morgan fingerprint density at radius 1 is 1.82 bits per heavy atom. The first-order chi connectivity index (χ1) is 5.02. The molecule has 0 saturated carbocycles. The predicted molar refractivity (Wildman–Crippen MR) is 41.2 cm³/mol. The fraction of sp³-hybridized carbons (Fsp3) is 1.00. The van der Waals surface area contributed by atoms with Crippen molar-refractivity contribution in [3.05, 3.63) is 0 Å². The van der Waals surface area contributed by atoms with Crippen molar-refractivity contribution in [1.82, 2.24) is 0 Å². The van der Waals surface area contributed by atoms with Crippen LogP contribution < -0.4 is 0 Å². The molecule has 11 heavy (non-hydrogen) atoms. The van der Waals surface area contributed by atoms with Crippen molar-refractivity contribution in [2.45, 2.75) is 13.3 Å². The first kappa shape index (κ1) is 11.5. The second kappa shape index (κ2) is 5.22. The highest BCUT2D eigenvalue weighted by atomic mass is 79.9. The van der Waals surface area contributed by atoms with E-state index >= 15 is 0 Å². The van der Waals surface area contributed by atoms with Gasteiger partial charge in [-0.2, -0.15) is 0 Å². The van der Waals surface area contributed by atoms with Crippen LogP contribution in [0.3, 0.4) is 0 Å². The molecule has 0 fully saturated rings. The highest BCUT2D eigenvalue weighted by molar-refractivity contribution is 9.09. The maximum atomic E-state index is 12.3. The molecule has 2 unspecified atom stereocenters. The average Bonchev–Trinajstić information content (AvgIpc) is 1.86. The molecule has 1 N–H and O–H groups in total. The fourth-order valence-corrected chi connectivity index (χ4v) is 1.45. The molecule has 0 aliphatic rings. The number of alkyl halides is 2. The Labute approximate surface area is 72.4 Å². The molecule has 68 valence electrons. The summed E-state index contributed by atoms with van der Waals surface area (Å²) in [5, 5.41) is -0.162. The van der Waals surface area contributed by atoms with Crippen LogP contribution in [0.25, 0.3) is 0 Å². The van der Waals surface area contributed by atoms with E-state index in [2.05, 4.69) is 25.0 Å². The highest BCUT2D eigenvalue weighted by Crippen LogP contribution is 2.44. The monoisotopic (exact) mass is 250 g/mol. The van der Waals surface area contributed by atoms with Gasteiger partial charge in [-0.3, -0.25) is 9.05 Å². The fourth-order valence-electron chi connectivity index (χ4n) is 0.366. The molecule has 0 aromatic heterocycles. The summed E-state index contributed by atoms with van der Waals surface area (Å²) in [7, 11) is -4.17. The van der Waals surface area contributed by atoms with E-state index in [1.165, 1.54) is 6.92 Å². The standard InChI is InChI=1S/C4H9BrFO4P/c1-2-9-11(7,8)10-4(6)3-5/h4H,2-3H2,1H3,(H,7,8). The van der Waals surface area contributed by atoms with E-state index in [0.29, 0.717) is 0 Å². The van der Waals surface area contributed by atoms with Crippen molar-refractivity contribution < 1.29 is 22.9 Å². The van der Waals surface area contributed by atoms with Crippen molar-refractivity contribution >= 4 is 23.8 Å². The van der Waals surface area contributed by atoms with E-state index in [-0.39, 0.29) is 11.9 Å². The third kappa shape index (κ3) is 5.75. The molecule has 0 radical (unpaired) electrons. The quantitative estimate of drug-likeness (QED) is 0.598. The van der Waals surface area contributed by atoms with Crippen LogP contribution in [0.15, 0.2) is 0 Å². The van der Waals surface area contributed by atoms with Gasteiger partial charge in [0.25, 0.3) is 0 Å². The minimum atomic E-state index is -4.17. The maximum Gasteiger partial charge on any atom is 0.474 e. The van der Waals surface area contributed by atoms with Crippen molar-refractivity contribution in [1.29, 1.82) is 0 Å². The SMILES string of the molecule is CCOP(=O)(O)OC(F)CBr. The van der Waals surface area contributed by atoms with Crippen LogP contribution in [-0.4, -0.2) is 23.2 Å². The Morgan fingerprint density at radius 2 is 2.36 bits per heavy atom. The molecule has 0 saturated heterocycles. The lowest BCUT2D eigenvalue weighted by Crippen LogP contribution is -2.07. The number of hydrogen-bond acceptors (Lipinski definition) is 3. The van der Waals surface area contributed by atoms with Crippen molar-refractivity contribution in [3.8, 4) is 0 Å². The van der Waals surface area contributed by atoms with E-state index in [4.69, 9.17) is 4.89 Å². The van der Waals surface area contributed by atoms with Crippen LogP contribution in [-0.2, 0) is 13.6 Å². The largest absolute Gasteiger partial charge is 0.474 e. The predicted octanol–water partition coefficient (Wildman–Crippen LogP) is 1.83. The number of rotatable bonds is 5. The molecule has 7 heteroatoms. The smallest absolute Gasteiger partial charge is 0.302 e. The zero-order valence-corrected chi connectivity index (χ0v) is 8.35. The Morgan fingerprint density at radius 3 is 2.73 bits per heavy atom. The molecule has 0 bridgehead atoms. The molecule has 0 aliphatic carbocycles. The van der Waals surface area contributed by atoms with E-state index in [1.807, 2.05) is 0 Å². The lowest BCUT2D eigenvalue weighted by molar-refractivity contribution is 0.0429. The zero-order valence-electron chi connectivity index (χ0n) is 5.87. The van der Waals surface area contributed by atoms with Gasteiger partial charge >= 0.3 is 7.82 Å². The van der Waals surface area contributed by atoms with E-state index < -0.39 is 14.2 Å². The van der Waals surface area contributed by atoms with Gasteiger partial charge in [-0.15, -0.1) is 0 Å². The second-order valence-electron chi connectivity index (χ2n) is 1.56. The van der Waals surface area contributed by atoms with Gasteiger partial charge < -0.3 is 4.89 Å². The van der Waals surface area contributed by atoms with Gasteiger partial charge in [-0.05, 0) is 6.92 Å². The van der Waals surface area contributed by atoms with Crippen molar-refractivity contribution in [2.24, 2.45) is 0 Å². The van der Waals surface area contributed by atoms with Gasteiger partial charge in [0, 0.05) is 0 Å². The van der Waals surface area contributed by atoms with E-state index in [1.54, 1.807) is 0 Å². The summed E-state index contributed by atoms with van der Waals surface area (Å²) < 4.78 is 31.1. The normalized spacial score (nSPS) is 19.3. The highest BCUT2D eigenvalue weighted by Gasteiger charge is 2.24. The number of halogens is 2. The summed E-state index contributed by atoms with van der Waals surface area (Å²) in [5.41, 5.74) is 0. The molecular formula is C4H9BrFO4P. The van der Waals surface area contributed by atoms with Gasteiger partial charge in [0.2, 0.25) is 6.36 Å². The summed E-state index contributed by atoms with van der Waals surface area (Å²) in [4.78, 5) is 8.67. The van der Waals surface area contributed by atoms with Gasteiger partial charge in [0.15, 0.2) is 0 Å². The van der Waals surface area contributed by atoms with Gasteiger partial charge in [0.05, 0.1) is 11.9 Å². The van der Waals surface area contributed by atoms with Crippen LogP contribution in [0.1, 0.15) is 6.92 Å². The van der Waals surface area contributed by atoms with Gasteiger partial charge in [0.1, 0.15) is 0 Å². The molecular weight excluding hydrogens is 242 g/mol. The first-order valence-corrected chi connectivity index (χ1v) is 5.49. The molecule has 0 aliphatic heterocycles. The third-order valence-electron chi connectivity index (χ3n) is 0.661. The van der Waals surface area contributed by atoms with Gasteiger partial charge in [-0.25, -0.2) is 8.96 Å². The average molecular weight is 251 g/mol. The molecule has 4 nitrogen and oxygen atoms in total. The summed E-state index contributed by atoms with van der Waals surface area (Å²) in [6.07, 6.45) is -1.82. The number of hydrogen-bond donors (Lipinski definition) is 1. The molecule has 0 spiro atoms. The Hall–Kier alpha value is 0.520. The van der Waals surface area contributed by atoms with Crippen LogP contribution in [0.2, 0.25) is 0 Å². The number of phosphoric ester groups is 1. The first-order valence-electron chi connectivity index (χ1n) is 2.87. The molecule has 0 aromatic rings.